The molecule has 4 rings (SSSR count). The lowest BCUT2D eigenvalue weighted by Gasteiger charge is -2.34. The number of carbonyl (C=O) groups excluding carboxylic acids is 3. The van der Waals surface area contributed by atoms with Crippen LogP contribution >= 0.6 is 22.7 Å². The maximum Gasteiger partial charge on any atom is 0.348 e. The summed E-state index contributed by atoms with van der Waals surface area (Å²) in [5.41, 5.74) is 1.24. The highest BCUT2D eigenvalue weighted by atomic mass is 32.1. The maximum absolute atomic E-state index is 12.3. The van der Waals surface area contributed by atoms with Gasteiger partial charge < -0.3 is 14.5 Å². The lowest BCUT2D eigenvalue weighted by molar-refractivity contribution is -0.136. The third-order valence-corrected chi connectivity index (χ3v) is 7.00. The fourth-order valence-electron chi connectivity index (χ4n) is 3.43. The van der Waals surface area contributed by atoms with Crippen LogP contribution in [0.2, 0.25) is 0 Å². The van der Waals surface area contributed by atoms with E-state index in [-0.39, 0.29) is 18.4 Å². The summed E-state index contributed by atoms with van der Waals surface area (Å²) in [6, 6.07) is 5.56. The minimum absolute atomic E-state index is 0.00858. The van der Waals surface area contributed by atoms with Gasteiger partial charge in [0, 0.05) is 31.1 Å². The number of rotatable bonds is 4. The van der Waals surface area contributed by atoms with E-state index >= 15 is 0 Å². The van der Waals surface area contributed by atoms with Crippen molar-refractivity contribution >= 4 is 40.5 Å². The van der Waals surface area contributed by atoms with Crippen molar-refractivity contribution in [3.63, 3.8) is 0 Å². The Morgan fingerprint density at radius 2 is 1.81 bits per heavy atom. The first-order chi connectivity index (χ1) is 13.1. The SMILES string of the molecule is O=C(OCC(=O)N1CCN(C(=O)c2cccs2)CC1)c1cc2c(s1)CCC2. The third kappa shape index (κ3) is 3.91. The Labute approximate surface area is 165 Å². The zero-order valence-electron chi connectivity index (χ0n) is 14.8. The lowest BCUT2D eigenvalue weighted by Crippen LogP contribution is -2.51. The highest BCUT2D eigenvalue weighted by molar-refractivity contribution is 7.14. The van der Waals surface area contributed by atoms with Gasteiger partial charge in [-0.05, 0) is 42.3 Å². The smallest absolute Gasteiger partial charge is 0.348 e. The van der Waals surface area contributed by atoms with Gasteiger partial charge in [0.25, 0.3) is 11.8 Å². The quantitative estimate of drug-likeness (QED) is 0.734. The van der Waals surface area contributed by atoms with Crippen molar-refractivity contribution in [1.29, 1.82) is 0 Å². The van der Waals surface area contributed by atoms with Gasteiger partial charge in [-0.2, -0.15) is 0 Å². The number of amides is 2. The summed E-state index contributed by atoms with van der Waals surface area (Å²) in [7, 11) is 0. The summed E-state index contributed by atoms with van der Waals surface area (Å²) in [6.45, 7) is 1.66. The molecule has 27 heavy (non-hydrogen) atoms. The van der Waals surface area contributed by atoms with Gasteiger partial charge in [0.1, 0.15) is 4.88 Å². The van der Waals surface area contributed by atoms with Crippen LogP contribution in [0.1, 0.15) is 36.2 Å². The second kappa shape index (κ2) is 7.82. The van der Waals surface area contributed by atoms with Crippen LogP contribution in [0.25, 0.3) is 0 Å². The van der Waals surface area contributed by atoms with Gasteiger partial charge >= 0.3 is 5.97 Å². The van der Waals surface area contributed by atoms with Crippen molar-refractivity contribution in [1.82, 2.24) is 9.80 Å². The second-order valence-corrected chi connectivity index (χ2v) is 8.72. The molecule has 1 saturated heterocycles. The number of nitrogens with zero attached hydrogens (tertiary/aromatic N) is 2. The van der Waals surface area contributed by atoms with Crippen molar-refractivity contribution < 1.29 is 19.1 Å². The normalized spacial score (nSPS) is 16.3. The topological polar surface area (TPSA) is 66.9 Å². The van der Waals surface area contributed by atoms with E-state index in [4.69, 9.17) is 4.74 Å². The number of carbonyl (C=O) groups is 3. The van der Waals surface area contributed by atoms with Crippen molar-refractivity contribution in [3.05, 3.63) is 43.8 Å². The standard InChI is InChI=1S/C19H20N2O4S2/c22-17(12-25-19(24)16-11-13-3-1-4-14(13)27-16)20-6-8-21(9-7-20)18(23)15-5-2-10-26-15/h2,5,10-11H,1,3-4,6-9,12H2. The van der Waals surface area contributed by atoms with Crippen molar-refractivity contribution in [2.24, 2.45) is 0 Å². The molecule has 1 aliphatic carbocycles. The Morgan fingerprint density at radius 3 is 2.52 bits per heavy atom. The molecule has 1 aliphatic heterocycles. The first-order valence-electron chi connectivity index (χ1n) is 9.01. The molecule has 0 spiro atoms. The summed E-state index contributed by atoms with van der Waals surface area (Å²) in [5, 5.41) is 1.88. The molecule has 8 heteroatoms. The fourth-order valence-corrected chi connectivity index (χ4v) is 5.27. The molecule has 6 nitrogen and oxygen atoms in total. The van der Waals surface area contributed by atoms with E-state index in [9.17, 15) is 14.4 Å². The highest BCUT2D eigenvalue weighted by Gasteiger charge is 2.26. The van der Waals surface area contributed by atoms with Crippen molar-refractivity contribution in [3.8, 4) is 0 Å². The van der Waals surface area contributed by atoms with Crippen molar-refractivity contribution in [2.75, 3.05) is 32.8 Å². The Kier molecular flexibility index (Phi) is 5.27. The zero-order valence-corrected chi connectivity index (χ0v) is 16.4. The molecule has 0 bridgehead atoms. The number of ether oxygens (including phenoxy) is 1. The van der Waals surface area contributed by atoms with Crippen molar-refractivity contribution in [2.45, 2.75) is 19.3 Å². The number of piperazine rings is 1. The van der Waals surface area contributed by atoms with E-state index in [2.05, 4.69) is 0 Å². The summed E-state index contributed by atoms with van der Waals surface area (Å²) in [6.07, 6.45) is 3.20. The molecule has 3 heterocycles. The van der Waals surface area contributed by atoms with Gasteiger partial charge in [-0.15, -0.1) is 22.7 Å². The fraction of sp³-hybridized carbons (Fsp3) is 0.421. The summed E-state index contributed by atoms with van der Waals surface area (Å²) < 4.78 is 5.21. The van der Waals surface area contributed by atoms with Crippen LogP contribution in [0.4, 0.5) is 0 Å². The minimum Gasteiger partial charge on any atom is -0.451 e. The molecule has 0 radical (unpaired) electrons. The van der Waals surface area contributed by atoms with E-state index in [1.807, 2.05) is 23.6 Å². The number of hydrogen-bond acceptors (Lipinski definition) is 6. The van der Waals surface area contributed by atoms with E-state index in [0.717, 1.165) is 19.3 Å². The molecule has 2 aromatic rings. The lowest BCUT2D eigenvalue weighted by atomic mass is 10.2. The molecule has 0 atom stereocenters. The van der Waals surface area contributed by atoms with Crippen LogP contribution in [0.15, 0.2) is 23.6 Å². The molecule has 0 N–H and O–H groups in total. The molecule has 0 saturated carbocycles. The molecule has 2 amide bonds. The maximum atomic E-state index is 12.3. The van der Waals surface area contributed by atoms with Gasteiger partial charge in [-0.25, -0.2) is 4.79 Å². The van der Waals surface area contributed by atoms with E-state index < -0.39 is 5.97 Å². The first-order valence-corrected chi connectivity index (χ1v) is 10.7. The largest absolute Gasteiger partial charge is 0.451 e. The number of fused-ring (bicyclic) bond motifs is 1. The summed E-state index contributed by atoms with van der Waals surface area (Å²) in [5.74, 6) is -0.626. The number of aryl methyl sites for hydroxylation is 2. The molecule has 2 aromatic heterocycles. The Bertz CT molecular complexity index is 830. The van der Waals surface area contributed by atoms with E-state index in [0.29, 0.717) is 35.9 Å². The Balaban J connectivity index is 1.24. The van der Waals surface area contributed by atoms with Crippen LogP contribution < -0.4 is 0 Å². The third-order valence-electron chi connectivity index (χ3n) is 4.93. The average molecular weight is 405 g/mol. The molecule has 0 unspecified atom stereocenters. The van der Waals surface area contributed by atoms with Gasteiger partial charge in [0.15, 0.2) is 6.61 Å². The predicted molar refractivity (Wildman–Crippen MR) is 103 cm³/mol. The van der Waals surface area contributed by atoms with Crippen LogP contribution in [-0.4, -0.2) is 60.4 Å². The molecule has 2 aliphatic rings. The number of thiophene rings is 2. The monoisotopic (exact) mass is 404 g/mol. The minimum atomic E-state index is -0.422. The van der Waals surface area contributed by atoms with Gasteiger partial charge in [-0.1, -0.05) is 6.07 Å². The van der Waals surface area contributed by atoms with Crippen LogP contribution in [0.5, 0.6) is 0 Å². The predicted octanol–water partition coefficient (Wildman–Crippen LogP) is 2.44. The van der Waals surface area contributed by atoms with Gasteiger partial charge in [0.05, 0.1) is 4.88 Å². The zero-order chi connectivity index (χ0) is 18.8. The molecular weight excluding hydrogens is 384 g/mol. The van der Waals surface area contributed by atoms with E-state index in [1.54, 1.807) is 9.80 Å². The van der Waals surface area contributed by atoms with Gasteiger partial charge in [0.2, 0.25) is 0 Å². The second-order valence-electron chi connectivity index (χ2n) is 6.64. The average Bonchev–Trinajstić information content (AvgIpc) is 3.42. The highest BCUT2D eigenvalue weighted by Crippen LogP contribution is 2.30. The van der Waals surface area contributed by atoms with Crippen LogP contribution in [-0.2, 0) is 22.4 Å². The Morgan fingerprint density at radius 1 is 1.04 bits per heavy atom. The van der Waals surface area contributed by atoms with Gasteiger partial charge in [-0.3, -0.25) is 9.59 Å². The molecule has 0 aromatic carbocycles. The molecule has 1 fully saturated rings. The molecular formula is C19H20N2O4S2. The Hall–Kier alpha value is -2.19. The number of esters is 1. The van der Waals surface area contributed by atoms with Crippen LogP contribution in [0.3, 0.4) is 0 Å². The number of hydrogen-bond donors (Lipinski definition) is 0. The van der Waals surface area contributed by atoms with Crippen LogP contribution in [0, 0.1) is 0 Å². The summed E-state index contributed by atoms with van der Waals surface area (Å²) in [4.78, 5) is 42.8. The summed E-state index contributed by atoms with van der Waals surface area (Å²) >= 11 is 2.90. The first kappa shape index (κ1) is 18.2. The van der Waals surface area contributed by atoms with E-state index in [1.165, 1.54) is 33.1 Å². The molecule has 142 valence electrons.